The van der Waals surface area contributed by atoms with Gasteiger partial charge in [0, 0.05) is 23.0 Å². The summed E-state index contributed by atoms with van der Waals surface area (Å²) in [5.41, 5.74) is 4.17. The van der Waals surface area contributed by atoms with Gasteiger partial charge in [-0.3, -0.25) is 24.1 Å². The summed E-state index contributed by atoms with van der Waals surface area (Å²) >= 11 is 0. The third-order valence-electron chi connectivity index (χ3n) is 12.6. The van der Waals surface area contributed by atoms with Crippen LogP contribution in [0.15, 0.2) is 150 Å². The van der Waals surface area contributed by atoms with Gasteiger partial charge in [0.1, 0.15) is 5.52 Å². The molecule has 5 aromatic carbocycles. The van der Waals surface area contributed by atoms with Gasteiger partial charge in [0.25, 0.3) is 0 Å². The van der Waals surface area contributed by atoms with Crippen LogP contribution in [0, 0.1) is 23.7 Å². The van der Waals surface area contributed by atoms with Gasteiger partial charge in [-0.25, -0.2) is 4.98 Å². The van der Waals surface area contributed by atoms with E-state index in [2.05, 4.69) is 4.98 Å². The van der Waals surface area contributed by atoms with E-state index in [0.29, 0.717) is 45.0 Å². The number of hydrogen-bond donors (Lipinski definition) is 1. The molecule has 57 heavy (non-hydrogen) atoms. The van der Waals surface area contributed by atoms with Crippen LogP contribution in [-0.4, -0.2) is 40.6 Å². The molecule has 2 fully saturated rings. The van der Waals surface area contributed by atoms with Crippen molar-refractivity contribution in [2.45, 2.75) is 24.2 Å². The lowest BCUT2D eigenvalue weighted by molar-refractivity contribution is -0.135. The fraction of sp³-hybridized carbons (Fsp3) is 0.188. The van der Waals surface area contributed by atoms with Crippen molar-refractivity contribution in [3.05, 3.63) is 162 Å². The van der Waals surface area contributed by atoms with E-state index in [4.69, 9.17) is 9.15 Å². The van der Waals surface area contributed by atoms with Crippen molar-refractivity contribution < 1.29 is 33.4 Å². The van der Waals surface area contributed by atoms with E-state index < -0.39 is 35.0 Å². The Bertz CT molecular complexity index is 2670. The number of oxazole rings is 1. The van der Waals surface area contributed by atoms with Crippen LogP contribution < -0.4 is 9.64 Å². The smallest absolute Gasteiger partial charge is 0.238 e. The predicted octanol–water partition coefficient (Wildman–Crippen LogP) is 8.24. The fourth-order valence-electron chi connectivity index (χ4n) is 10.1. The van der Waals surface area contributed by atoms with E-state index in [0.717, 1.165) is 11.1 Å². The largest absolute Gasteiger partial charge is 0.504 e. The molecule has 0 radical (unpaired) electrons. The lowest BCUT2D eigenvalue weighted by Crippen LogP contribution is -2.58. The Morgan fingerprint density at radius 3 is 2.23 bits per heavy atom. The molecule has 6 atom stereocenters. The van der Waals surface area contributed by atoms with Gasteiger partial charge >= 0.3 is 0 Å². The standard InChI is InChI=1S/C48H36N2O7/c1-56-40-23-18-29(24-38(40)51)43-32-21-22-33-42(47(55)50(46(33)54)31-19-16-28(17-20-31)45-49-37-14-8-9-15-39(37)57-45)35(32)25-36-44(53)34(27-10-4-2-5-11-27)26-41(52)48(36,43)30-12-6-3-7-13-30/h2-21,23-24,26,33,35-36,42-43,51H,22,25H2,1H3/t33-,35+,36-,42-,43-,48-/m0/s1. The van der Waals surface area contributed by atoms with Gasteiger partial charge in [0.05, 0.1) is 30.0 Å². The number of imide groups is 1. The normalized spacial score (nSPS) is 25.4. The Morgan fingerprint density at radius 1 is 0.789 bits per heavy atom. The Hall–Kier alpha value is -6.87. The molecule has 0 bridgehead atoms. The number of anilines is 1. The maximum absolute atomic E-state index is 15.2. The molecule has 3 aliphatic carbocycles. The van der Waals surface area contributed by atoms with Gasteiger partial charge < -0.3 is 14.3 Å². The highest BCUT2D eigenvalue weighted by atomic mass is 16.5. The van der Waals surface area contributed by atoms with Crippen molar-refractivity contribution >= 4 is 45.7 Å². The molecule has 1 aliphatic heterocycles. The van der Waals surface area contributed by atoms with Crippen LogP contribution >= 0.6 is 0 Å². The molecule has 6 aromatic rings. The first kappa shape index (κ1) is 34.6. The minimum atomic E-state index is -1.40. The first-order valence-electron chi connectivity index (χ1n) is 19.1. The summed E-state index contributed by atoms with van der Waals surface area (Å²) in [6.07, 6.45) is 3.96. The summed E-state index contributed by atoms with van der Waals surface area (Å²) in [4.78, 5) is 65.4. The summed E-state index contributed by atoms with van der Waals surface area (Å²) < 4.78 is 11.4. The highest BCUT2D eigenvalue weighted by Crippen LogP contribution is 2.64. The van der Waals surface area contributed by atoms with Gasteiger partial charge in [0.15, 0.2) is 28.6 Å². The number of aromatic nitrogens is 1. The van der Waals surface area contributed by atoms with Gasteiger partial charge in [-0.15, -0.1) is 0 Å². The molecule has 1 saturated carbocycles. The minimum Gasteiger partial charge on any atom is -0.504 e. The first-order valence-corrected chi connectivity index (χ1v) is 19.1. The number of allylic oxidation sites excluding steroid dienone is 4. The Morgan fingerprint density at radius 2 is 1.51 bits per heavy atom. The monoisotopic (exact) mass is 752 g/mol. The summed E-state index contributed by atoms with van der Waals surface area (Å²) in [6.45, 7) is 0. The number of phenolic OH excluding ortho intramolecular Hbond substituents is 1. The van der Waals surface area contributed by atoms with E-state index in [-0.39, 0.29) is 47.7 Å². The van der Waals surface area contributed by atoms with E-state index in [1.165, 1.54) is 18.1 Å². The van der Waals surface area contributed by atoms with Gasteiger partial charge in [-0.1, -0.05) is 90.5 Å². The predicted molar refractivity (Wildman–Crippen MR) is 213 cm³/mol. The van der Waals surface area contributed by atoms with E-state index >= 15 is 9.59 Å². The van der Waals surface area contributed by atoms with Gasteiger partial charge in [-0.2, -0.15) is 0 Å². The van der Waals surface area contributed by atoms with Crippen molar-refractivity contribution in [1.29, 1.82) is 0 Å². The average Bonchev–Trinajstić information content (AvgIpc) is 3.80. The van der Waals surface area contributed by atoms with Crippen LogP contribution in [-0.2, 0) is 24.6 Å². The number of Topliss-reactive ketones (excluding diaryl/α,β-unsaturated/α-hetero) is 1. The maximum Gasteiger partial charge on any atom is 0.238 e. The Kier molecular flexibility index (Phi) is 7.97. The number of fused-ring (bicyclic) bond motifs is 5. The minimum absolute atomic E-state index is 0.110. The Labute approximate surface area is 327 Å². The number of para-hydroxylation sites is 2. The second-order valence-corrected chi connectivity index (χ2v) is 15.3. The molecule has 1 saturated heterocycles. The second kappa shape index (κ2) is 13.1. The number of aromatic hydroxyl groups is 1. The molecule has 280 valence electrons. The maximum atomic E-state index is 15.2. The van der Waals surface area contributed by atoms with Crippen molar-refractivity contribution in [2.24, 2.45) is 23.7 Å². The average molecular weight is 753 g/mol. The number of nitrogens with zero attached hydrogens (tertiary/aromatic N) is 2. The number of carbonyl (C=O) groups is 4. The van der Waals surface area contributed by atoms with Gasteiger partial charge in [0.2, 0.25) is 17.7 Å². The van der Waals surface area contributed by atoms with E-state index in [1.807, 2.05) is 97.1 Å². The number of hydrogen-bond acceptors (Lipinski definition) is 8. The molecule has 2 heterocycles. The number of carbonyl (C=O) groups excluding carboxylic acids is 4. The molecule has 4 aliphatic rings. The molecule has 9 nitrogen and oxygen atoms in total. The molecule has 10 rings (SSSR count). The molecule has 0 spiro atoms. The SMILES string of the molecule is COc1ccc([C@H]2C3=CC[C@@H]4C(=O)N(c5ccc(-c6nc7ccccc7o6)cc5)C(=O)[C@@H]4[C@@H]3C[C@H]3C(=O)C(c4ccccc4)=CC(=O)[C@@]23c2ccccc2)cc1O. The summed E-state index contributed by atoms with van der Waals surface area (Å²) in [6, 6.07) is 38.1. The zero-order valence-electron chi connectivity index (χ0n) is 30.9. The number of rotatable bonds is 6. The number of ether oxygens (including phenoxy) is 1. The van der Waals surface area contributed by atoms with Crippen LogP contribution in [0.3, 0.4) is 0 Å². The molecule has 1 N–H and O–H groups in total. The zero-order valence-corrected chi connectivity index (χ0v) is 30.9. The summed E-state index contributed by atoms with van der Waals surface area (Å²) in [5.74, 6) is -4.10. The van der Waals surface area contributed by atoms with Crippen molar-refractivity contribution in [3.63, 3.8) is 0 Å². The van der Waals surface area contributed by atoms with Crippen LogP contribution in [0.25, 0.3) is 28.1 Å². The molecule has 1 aromatic heterocycles. The summed E-state index contributed by atoms with van der Waals surface area (Å²) in [7, 11) is 1.47. The third-order valence-corrected chi connectivity index (χ3v) is 12.6. The van der Waals surface area contributed by atoms with Crippen LogP contribution in [0.2, 0.25) is 0 Å². The zero-order chi connectivity index (χ0) is 39.0. The number of methoxy groups -OCH3 is 1. The van der Waals surface area contributed by atoms with Crippen LogP contribution in [0.1, 0.15) is 35.4 Å². The van der Waals surface area contributed by atoms with E-state index in [9.17, 15) is 14.7 Å². The van der Waals surface area contributed by atoms with Crippen molar-refractivity contribution in [2.75, 3.05) is 12.0 Å². The number of benzene rings is 5. The first-order chi connectivity index (χ1) is 27.8. The summed E-state index contributed by atoms with van der Waals surface area (Å²) in [5, 5.41) is 11.2. The molecule has 9 heteroatoms. The van der Waals surface area contributed by atoms with Crippen LogP contribution in [0.5, 0.6) is 11.5 Å². The highest BCUT2D eigenvalue weighted by molar-refractivity contribution is 6.32. The third kappa shape index (κ3) is 5.11. The number of ketones is 2. The highest BCUT2D eigenvalue weighted by Gasteiger charge is 2.66. The molecular weight excluding hydrogens is 717 g/mol. The number of amides is 2. The topological polar surface area (TPSA) is 127 Å². The molecular formula is C48H36N2O7. The lowest BCUT2D eigenvalue weighted by atomic mass is 9.44. The fourth-order valence-corrected chi connectivity index (χ4v) is 10.1. The molecule has 0 unspecified atom stereocenters. The van der Waals surface area contributed by atoms with Crippen molar-refractivity contribution in [3.8, 4) is 23.0 Å². The lowest BCUT2D eigenvalue weighted by Gasteiger charge is -2.55. The van der Waals surface area contributed by atoms with E-state index in [1.54, 1.807) is 36.4 Å². The molecule has 2 amide bonds. The quantitative estimate of drug-likeness (QED) is 0.133. The Balaban J connectivity index is 1.10. The van der Waals surface area contributed by atoms with Gasteiger partial charge in [-0.05, 0) is 90.1 Å². The second-order valence-electron chi connectivity index (χ2n) is 15.3. The van der Waals surface area contributed by atoms with Crippen molar-refractivity contribution in [1.82, 2.24) is 4.98 Å². The number of phenols is 1. The van der Waals surface area contributed by atoms with Crippen LogP contribution in [0.4, 0.5) is 5.69 Å².